The first-order chi connectivity index (χ1) is 14.0. The Morgan fingerprint density at radius 1 is 0.655 bits per heavy atom. The quantitative estimate of drug-likeness (QED) is 0.337. The fraction of sp³-hybridized carbons (Fsp3) is 0.571. The van der Waals surface area contributed by atoms with E-state index in [2.05, 4.69) is 70.2 Å². The van der Waals surface area contributed by atoms with Crippen molar-refractivity contribution in [3.8, 4) is 5.75 Å². The van der Waals surface area contributed by atoms with E-state index in [0.29, 0.717) is 5.75 Å². The molecule has 0 bridgehead atoms. The molecule has 1 heteroatoms. The Morgan fingerprint density at radius 2 is 1.17 bits per heavy atom. The minimum Gasteiger partial charge on any atom is -0.508 e. The Balaban J connectivity index is 2.49. The van der Waals surface area contributed by atoms with Crippen molar-refractivity contribution in [3.63, 3.8) is 0 Å². The highest BCUT2D eigenvalue weighted by atomic mass is 16.3. The van der Waals surface area contributed by atoms with Crippen LogP contribution in [-0.4, -0.2) is 5.11 Å². The zero-order valence-corrected chi connectivity index (χ0v) is 19.2. The molecular formula is C28H42O. The molecule has 1 atom stereocenters. The predicted molar refractivity (Wildman–Crippen MR) is 127 cm³/mol. The van der Waals surface area contributed by atoms with Gasteiger partial charge in [-0.2, -0.15) is 0 Å². The van der Waals surface area contributed by atoms with Gasteiger partial charge in [-0.15, -0.1) is 0 Å². The maximum absolute atomic E-state index is 10.9. The second-order valence-corrected chi connectivity index (χ2v) is 9.19. The standard InChI is InChI=1S/C28H42O/c1-5-7-9-16-22-27(3,23-17-10-8-6-2)28(4,24-18-12-11-13-19-24)25-20-14-15-21-26(25)29/h11-15,18-21,29H,5-10,16-17,22-23H2,1-4H3. The number of phenols is 1. The van der Waals surface area contributed by atoms with Crippen LogP contribution in [0.1, 0.15) is 103 Å². The van der Waals surface area contributed by atoms with Crippen LogP contribution < -0.4 is 0 Å². The number of phenolic OH excluding ortho intramolecular Hbond substituents is 1. The molecule has 0 saturated heterocycles. The number of unbranched alkanes of at least 4 members (excludes halogenated alkanes) is 6. The van der Waals surface area contributed by atoms with Gasteiger partial charge in [-0.1, -0.05) is 128 Å². The van der Waals surface area contributed by atoms with Crippen LogP contribution in [0.4, 0.5) is 0 Å². The van der Waals surface area contributed by atoms with E-state index in [1.807, 2.05) is 12.1 Å². The summed E-state index contributed by atoms with van der Waals surface area (Å²) in [6.07, 6.45) is 12.7. The van der Waals surface area contributed by atoms with Gasteiger partial charge in [0.1, 0.15) is 5.75 Å². The van der Waals surface area contributed by atoms with Crippen LogP contribution in [0.2, 0.25) is 0 Å². The van der Waals surface area contributed by atoms with E-state index < -0.39 is 0 Å². The molecule has 0 saturated carbocycles. The van der Waals surface area contributed by atoms with Gasteiger partial charge in [0.2, 0.25) is 0 Å². The first-order valence-corrected chi connectivity index (χ1v) is 11.8. The Bertz CT molecular complexity index is 693. The van der Waals surface area contributed by atoms with Gasteiger partial charge in [-0.25, -0.2) is 0 Å². The number of hydrogen-bond acceptors (Lipinski definition) is 1. The summed E-state index contributed by atoms with van der Waals surface area (Å²) < 4.78 is 0. The van der Waals surface area contributed by atoms with E-state index in [1.165, 1.54) is 69.8 Å². The molecule has 1 N–H and O–H groups in total. The lowest BCUT2D eigenvalue weighted by molar-refractivity contribution is 0.143. The molecule has 0 fully saturated rings. The molecule has 1 unspecified atom stereocenters. The Labute approximate surface area is 179 Å². The third-order valence-corrected chi connectivity index (χ3v) is 7.17. The minimum absolute atomic E-state index is 0.0919. The molecule has 0 spiro atoms. The van der Waals surface area contributed by atoms with Crippen LogP contribution in [0, 0.1) is 5.41 Å². The van der Waals surface area contributed by atoms with E-state index in [1.54, 1.807) is 0 Å². The summed E-state index contributed by atoms with van der Waals surface area (Å²) in [5.74, 6) is 0.423. The van der Waals surface area contributed by atoms with Crippen molar-refractivity contribution in [3.05, 3.63) is 65.7 Å². The van der Waals surface area contributed by atoms with E-state index >= 15 is 0 Å². The zero-order valence-electron chi connectivity index (χ0n) is 19.2. The van der Waals surface area contributed by atoms with Gasteiger partial charge in [0, 0.05) is 11.0 Å². The van der Waals surface area contributed by atoms with Crippen molar-refractivity contribution < 1.29 is 5.11 Å². The fourth-order valence-corrected chi connectivity index (χ4v) is 5.01. The number of para-hydroxylation sites is 1. The SMILES string of the molecule is CCCCCCC(C)(CCCCCC)C(C)(c1ccccc1)c1ccccc1O. The van der Waals surface area contributed by atoms with Crippen molar-refractivity contribution in [2.24, 2.45) is 5.41 Å². The molecule has 2 aromatic carbocycles. The molecule has 0 amide bonds. The van der Waals surface area contributed by atoms with Crippen LogP contribution in [0.15, 0.2) is 54.6 Å². The zero-order chi connectivity index (χ0) is 21.2. The van der Waals surface area contributed by atoms with Gasteiger partial charge in [0.05, 0.1) is 0 Å². The average molecular weight is 395 g/mol. The maximum atomic E-state index is 10.9. The minimum atomic E-state index is -0.224. The topological polar surface area (TPSA) is 20.2 Å². The summed E-state index contributed by atoms with van der Waals surface area (Å²) in [5.41, 5.74) is 2.25. The van der Waals surface area contributed by atoms with Crippen LogP contribution in [0.25, 0.3) is 0 Å². The van der Waals surface area contributed by atoms with E-state index in [0.717, 1.165) is 5.56 Å². The molecule has 2 aromatic rings. The molecule has 0 aliphatic rings. The number of rotatable bonds is 13. The van der Waals surface area contributed by atoms with Gasteiger partial charge >= 0.3 is 0 Å². The Morgan fingerprint density at radius 3 is 1.69 bits per heavy atom. The lowest BCUT2D eigenvalue weighted by atomic mass is 9.55. The average Bonchev–Trinajstić information content (AvgIpc) is 2.75. The third-order valence-electron chi connectivity index (χ3n) is 7.17. The van der Waals surface area contributed by atoms with Crippen molar-refractivity contribution in [1.82, 2.24) is 0 Å². The molecule has 0 radical (unpaired) electrons. The monoisotopic (exact) mass is 394 g/mol. The number of benzene rings is 2. The molecule has 2 rings (SSSR count). The number of hydrogen-bond donors (Lipinski definition) is 1. The van der Waals surface area contributed by atoms with Gasteiger partial charge in [0.15, 0.2) is 0 Å². The molecule has 160 valence electrons. The highest BCUT2D eigenvalue weighted by Gasteiger charge is 2.47. The third kappa shape index (κ3) is 5.65. The summed E-state index contributed by atoms with van der Waals surface area (Å²) >= 11 is 0. The van der Waals surface area contributed by atoms with Crippen molar-refractivity contribution in [2.75, 3.05) is 0 Å². The first kappa shape index (κ1) is 23.5. The molecule has 0 aromatic heterocycles. The summed E-state index contributed by atoms with van der Waals surface area (Å²) in [6, 6.07) is 18.9. The number of aromatic hydroxyl groups is 1. The fourth-order valence-electron chi connectivity index (χ4n) is 5.01. The van der Waals surface area contributed by atoms with Crippen molar-refractivity contribution >= 4 is 0 Å². The Hall–Kier alpha value is -1.76. The lowest BCUT2D eigenvalue weighted by Gasteiger charge is -2.48. The largest absolute Gasteiger partial charge is 0.508 e. The van der Waals surface area contributed by atoms with Gasteiger partial charge in [-0.3, -0.25) is 0 Å². The Kier molecular flexibility index (Phi) is 9.27. The second-order valence-electron chi connectivity index (χ2n) is 9.19. The summed E-state index contributed by atoms with van der Waals surface area (Å²) in [4.78, 5) is 0. The van der Waals surface area contributed by atoms with E-state index in [-0.39, 0.29) is 10.8 Å². The summed E-state index contributed by atoms with van der Waals surface area (Å²) in [7, 11) is 0. The molecule has 29 heavy (non-hydrogen) atoms. The molecular weight excluding hydrogens is 352 g/mol. The summed E-state index contributed by atoms with van der Waals surface area (Å²) in [5, 5.41) is 10.9. The first-order valence-electron chi connectivity index (χ1n) is 11.8. The van der Waals surface area contributed by atoms with Crippen LogP contribution >= 0.6 is 0 Å². The van der Waals surface area contributed by atoms with Gasteiger partial charge < -0.3 is 5.11 Å². The van der Waals surface area contributed by atoms with Crippen LogP contribution in [0.3, 0.4) is 0 Å². The van der Waals surface area contributed by atoms with Crippen LogP contribution in [0.5, 0.6) is 5.75 Å². The highest BCUT2D eigenvalue weighted by molar-refractivity contribution is 5.48. The molecule has 0 aliphatic heterocycles. The molecule has 1 nitrogen and oxygen atoms in total. The summed E-state index contributed by atoms with van der Waals surface area (Å²) in [6.45, 7) is 9.40. The smallest absolute Gasteiger partial charge is 0.119 e. The maximum Gasteiger partial charge on any atom is 0.119 e. The van der Waals surface area contributed by atoms with Crippen molar-refractivity contribution in [1.29, 1.82) is 0 Å². The molecule has 0 heterocycles. The lowest BCUT2D eigenvalue weighted by Crippen LogP contribution is -2.42. The molecule has 0 aliphatic carbocycles. The van der Waals surface area contributed by atoms with Gasteiger partial charge in [0.25, 0.3) is 0 Å². The predicted octanol–water partition coefficient (Wildman–Crippen LogP) is 8.65. The van der Waals surface area contributed by atoms with Crippen LogP contribution in [-0.2, 0) is 5.41 Å². The van der Waals surface area contributed by atoms with Crippen molar-refractivity contribution in [2.45, 2.75) is 97.3 Å². The second kappa shape index (κ2) is 11.4. The van der Waals surface area contributed by atoms with Gasteiger partial charge in [-0.05, 0) is 29.9 Å². The highest BCUT2D eigenvalue weighted by Crippen LogP contribution is 2.54. The van der Waals surface area contributed by atoms with E-state index in [9.17, 15) is 5.11 Å². The van der Waals surface area contributed by atoms with E-state index in [4.69, 9.17) is 0 Å². The normalized spacial score (nSPS) is 13.9.